The number of nitrogens with zero attached hydrogens (tertiary/aromatic N) is 2. The maximum Gasteiger partial charge on any atom is 0.345 e. The highest BCUT2D eigenvalue weighted by Gasteiger charge is 2.22. The Labute approximate surface area is 155 Å². The van der Waals surface area contributed by atoms with Gasteiger partial charge in [0.25, 0.3) is 5.56 Å². The first-order valence-corrected chi connectivity index (χ1v) is 8.56. The molecular weight excluding hydrogens is 346 g/mol. The molecule has 0 saturated carbocycles. The molecule has 2 aromatic heterocycles. The Hall–Kier alpha value is -3.48. The second-order valence-corrected chi connectivity index (χ2v) is 5.91. The number of ether oxygens (including phenoxy) is 1. The molecular formula is C20H19N3O4. The second-order valence-electron chi connectivity index (χ2n) is 5.91. The van der Waals surface area contributed by atoms with Crippen LogP contribution in [0.25, 0.3) is 0 Å². The second kappa shape index (κ2) is 8.27. The number of benzene rings is 1. The minimum atomic E-state index is -0.742. The number of aromatic amines is 1. The number of H-pyrrole nitrogens is 1. The Morgan fingerprint density at radius 1 is 1.07 bits per heavy atom. The Morgan fingerprint density at radius 3 is 2.44 bits per heavy atom. The molecule has 7 heteroatoms. The summed E-state index contributed by atoms with van der Waals surface area (Å²) >= 11 is 0. The fourth-order valence-corrected chi connectivity index (χ4v) is 2.84. The van der Waals surface area contributed by atoms with E-state index >= 15 is 0 Å². The lowest BCUT2D eigenvalue weighted by atomic mass is 10.1. The molecule has 0 aliphatic heterocycles. The molecule has 3 rings (SSSR count). The number of carbonyl (C=O) groups is 1. The first-order valence-electron chi connectivity index (χ1n) is 8.56. The molecule has 0 radical (unpaired) electrons. The molecule has 2 heterocycles. The molecule has 27 heavy (non-hydrogen) atoms. The summed E-state index contributed by atoms with van der Waals surface area (Å²) in [6, 6.07) is 12.9. The van der Waals surface area contributed by atoms with Crippen molar-refractivity contribution in [3.63, 3.8) is 0 Å². The van der Waals surface area contributed by atoms with Gasteiger partial charge in [-0.25, -0.2) is 9.59 Å². The highest BCUT2D eigenvalue weighted by Crippen LogP contribution is 2.13. The van der Waals surface area contributed by atoms with E-state index in [1.54, 1.807) is 31.5 Å². The van der Waals surface area contributed by atoms with Gasteiger partial charge in [-0.15, -0.1) is 0 Å². The number of aromatic nitrogens is 3. The van der Waals surface area contributed by atoms with Crippen LogP contribution in [0.15, 0.2) is 64.4 Å². The lowest BCUT2D eigenvalue weighted by Crippen LogP contribution is -2.38. The van der Waals surface area contributed by atoms with Crippen LogP contribution in [0.5, 0.6) is 0 Å². The average Bonchev–Trinajstić information content (AvgIpc) is 2.66. The van der Waals surface area contributed by atoms with Crippen molar-refractivity contribution in [2.24, 2.45) is 0 Å². The van der Waals surface area contributed by atoms with Crippen LogP contribution in [-0.4, -0.2) is 27.1 Å². The summed E-state index contributed by atoms with van der Waals surface area (Å²) in [4.78, 5) is 43.5. The fraction of sp³-hybridized carbons (Fsp3) is 0.200. The maximum absolute atomic E-state index is 12.5. The third-order valence-corrected chi connectivity index (χ3v) is 4.09. The summed E-state index contributed by atoms with van der Waals surface area (Å²) in [6.07, 6.45) is 3.49. The summed E-state index contributed by atoms with van der Waals surface area (Å²) in [7, 11) is 0. The van der Waals surface area contributed by atoms with E-state index in [-0.39, 0.29) is 25.1 Å². The van der Waals surface area contributed by atoms with Gasteiger partial charge in [0.1, 0.15) is 5.56 Å². The molecule has 0 saturated heterocycles. The van der Waals surface area contributed by atoms with Crippen molar-refractivity contribution in [3.05, 3.63) is 98.1 Å². The molecule has 0 bridgehead atoms. The number of carbonyl (C=O) groups excluding carboxylic acids is 1. The maximum atomic E-state index is 12.5. The van der Waals surface area contributed by atoms with Crippen LogP contribution < -0.4 is 11.2 Å². The van der Waals surface area contributed by atoms with Crippen molar-refractivity contribution in [3.8, 4) is 0 Å². The first-order chi connectivity index (χ1) is 13.1. The average molecular weight is 365 g/mol. The highest BCUT2D eigenvalue weighted by atomic mass is 16.5. The van der Waals surface area contributed by atoms with Crippen LogP contribution in [0.2, 0.25) is 0 Å². The van der Waals surface area contributed by atoms with E-state index in [2.05, 4.69) is 9.97 Å². The van der Waals surface area contributed by atoms with Crippen molar-refractivity contribution in [1.82, 2.24) is 14.5 Å². The standard InChI is InChI=1S/C20H19N3O4/c1-2-27-19(25)17-16(12-14-6-4-3-5-7-14)23(20(26)22-18(17)24)13-15-8-10-21-11-9-15/h3-11H,2,12-13H2,1H3,(H,22,24,26). The van der Waals surface area contributed by atoms with Gasteiger partial charge in [-0.05, 0) is 30.2 Å². The van der Waals surface area contributed by atoms with E-state index in [0.29, 0.717) is 5.69 Å². The van der Waals surface area contributed by atoms with Crippen molar-refractivity contribution in [1.29, 1.82) is 0 Å². The largest absolute Gasteiger partial charge is 0.462 e. The minimum Gasteiger partial charge on any atom is -0.462 e. The van der Waals surface area contributed by atoms with Gasteiger partial charge in [0, 0.05) is 24.5 Å². The molecule has 0 fully saturated rings. The Balaban J connectivity index is 2.18. The molecule has 1 aromatic carbocycles. The Bertz CT molecular complexity index is 1040. The summed E-state index contributed by atoms with van der Waals surface area (Å²) in [5, 5.41) is 0. The third-order valence-electron chi connectivity index (χ3n) is 4.09. The van der Waals surface area contributed by atoms with Gasteiger partial charge < -0.3 is 4.74 Å². The summed E-state index contributed by atoms with van der Waals surface area (Å²) < 4.78 is 6.45. The molecule has 0 aliphatic rings. The van der Waals surface area contributed by atoms with E-state index in [4.69, 9.17) is 4.74 Å². The van der Waals surface area contributed by atoms with Crippen LogP contribution in [0, 0.1) is 0 Å². The summed E-state index contributed by atoms with van der Waals surface area (Å²) in [5.74, 6) is -0.742. The highest BCUT2D eigenvalue weighted by molar-refractivity contribution is 5.90. The molecule has 0 unspecified atom stereocenters. The predicted molar refractivity (Wildman–Crippen MR) is 99.9 cm³/mol. The SMILES string of the molecule is CCOC(=O)c1c(Cc2ccccc2)n(Cc2ccncc2)c(=O)[nH]c1=O. The van der Waals surface area contributed by atoms with Gasteiger partial charge in [0.2, 0.25) is 0 Å². The molecule has 0 atom stereocenters. The summed E-state index contributed by atoms with van der Waals surface area (Å²) in [6.45, 7) is 2.00. The van der Waals surface area contributed by atoms with Crippen molar-refractivity contribution >= 4 is 5.97 Å². The van der Waals surface area contributed by atoms with E-state index < -0.39 is 17.2 Å². The van der Waals surface area contributed by atoms with Gasteiger partial charge in [-0.3, -0.25) is 19.3 Å². The third kappa shape index (κ3) is 4.20. The molecule has 0 spiro atoms. The van der Waals surface area contributed by atoms with Gasteiger partial charge in [0.05, 0.1) is 13.2 Å². The zero-order chi connectivity index (χ0) is 19.2. The molecule has 3 aromatic rings. The van der Waals surface area contributed by atoms with E-state index in [0.717, 1.165) is 11.1 Å². The van der Waals surface area contributed by atoms with E-state index in [1.165, 1.54) is 4.57 Å². The number of esters is 1. The molecule has 1 N–H and O–H groups in total. The monoisotopic (exact) mass is 365 g/mol. The quantitative estimate of drug-likeness (QED) is 0.672. The topological polar surface area (TPSA) is 94.1 Å². The zero-order valence-electron chi connectivity index (χ0n) is 14.8. The minimum absolute atomic E-state index is 0.131. The molecule has 0 amide bonds. The van der Waals surface area contributed by atoms with Crippen LogP contribution in [0.1, 0.15) is 34.1 Å². The van der Waals surface area contributed by atoms with Gasteiger partial charge in [0.15, 0.2) is 0 Å². The summed E-state index contributed by atoms with van der Waals surface area (Å²) in [5.41, 5.74) is 0.561. The molecule has 0 aliphatic carbocycles. The number of hydrogen-bond acceptors (Lipinski definition) is 5. The predicted octanol–water partition coefficient (Wildman–Crippen LogP) is 1.75. The molecule has 7 nitrogen and oxygen atoms in total. The lowest BCUT2D eigenvalue weighted by molar-refractivity contribution is 0.0521. The van der Waals surface area contributed by atoms with Crippen molar-refractivity contribution in [2.75, 3.05) is 6.61 Å². The van der Waals surface area contributed by atoms with Crippen molar-refractivity contribution in [2.45, 2.75) is 19.9 Å². The van der Waals surface area contributed by atoms with Gasteiger partial charge >= 0.3 is 11.7 Å². The van der Waals surface area contributed by atoms with Crippen LogP contribution in [0.3, 0.4) is 0 Å². The van der Waals surface area contributed by atoms with Crippen LogP contribution >= 0.6 is 0 Å². The fourth-order valence-electron chi connectivity index (χ4n) is 2.84. The van der Waals surface area contributed by atoms with E-state index in [9.17, 15) is 14.4 Å². The van der Waals surface area contributed by atoms with Gasteiger partial charge in [-0.1, -0.05) is 30.3 Å². The first kappa shape index (κ1) is 18.3. The number of pyridine rings is 1. The molecule has 138 valence electrons. The number of nitrogens with one attached hydrogen (secondary N) is 1. The number of rotatable bonds is 6. The normalized spacial score (nSPS) is 10.6. The van der Waals surface area contributed by atoms with Crippen LogP contribution in [-0.2, 0) is 17.7 Å². The Morgan fingerprint density at radius 2 is 1.78 bits per heavy atom. The zero-order valence-corrected chi connectivity index (χ0v) is 14.8. The Kier molecular flexibility index (Phi) is 5.61. The lowest BCUT2D eigenvalue weighted by Gasteiger charge is -2.16. The number of hydrogen-bond donors (Lipinski definition) is 1. The van der Waals surface area contributed by atoms with Crippen molar-refractivity contribution < 1.29 is 9.53 Å². The smallest absolute Gasteiger partial charge is 0.345 e. The van der Waals surface area contributed by atoms with Crippen LogP contribution in [0.4, 0.5) is 0 Å². The van der Waals surface area contributed by atoms with Gasteiger partial charge in [-0.2, -0.15) is 0 Å². The van der Waals surface area contributed by atoms with E-state index in [1.807, 2.05) is 30.3 Å².